The van der Waals surface area contributed by atoms with Gasteiger partial charge >= 0.3 is 0 Å². The summed E-state index contributed by atoms with van der Waals surface area (Å²) in [5, 5.41) is 2.91. The van der Waals surface area contributed by atoms with Gasteiger partial charge in [0.2, 0.25) is 11.8 Å². The van der Waals surface area contributed by atoms with Crippen molar-refractivity contribution in [3.05, 3.63) is 18.2 Å². The van der Waals surface area contributed by atoms with Crippen molar-refractivity contribution in [3.8, 4) is 11.5 Å². The number of ether oxygens (including phenoxy) is 2. The first-order chi connectivity index (χ1) is 9.56. The molecule has 0 unspecified atom stereocenters. The molecule has 1 aliphatic rings. The largest absolute Gasteiger partial charge is 0.497 e. The van der Waals surface area contributed by atoms with Gasteiger partial charge in [0.05, 0.1) is 19.9 Å². The predicted octanol–water partition coefficient (Wildman–Crippen LogP) is 1.55. The fourth-order valence-electron chi connectivity index (χ4n) is 1.88. The molecule has 7 heteroatoms. The monoisotopic (exact) mass is 294 g/mol. The normalized spacial score (nSPS) is 14.4. The Labute approximate surface area is 121 Å². The van der Waals surface area contributed by atoms with E-state index in [0.717, 1.165) is 4.90 Å². The highest BCUT2D eigenvalue weighted by Gasteiger charge is 2.32. The molecule has 6 nitrogen and oxygen atoms in total. The number of carbonyl (C=O) groups excluding carboxylic acids is 2. The van der Waals surface area contributed by atoms with Crippen molar-refractivity contribution in [1.29, 1.82) is 0 Å². The Bertz CT molecular complexity index is 557. The van der Waals surface area contributed by atoms with E-state index in [-0.39, 0.29) is 29.8 Å². The molecule has 20 heavy (non-hydrogen) atoms. The average molecular weight is 294 g/mol. The van der Waals surface area contributed by atoms with E-state index >= 15 is 0 Å². The first-order valence-electron chi connectivity index (χ1n) is 5.95. The zero-order valence-electron chi connectivity index (χ0n) is 11.1. The molecule has 1 heterocycles. The van der Waals surface area contributed by atoms with Crippen LogP contribution in [-0.4, -0.2) is 36.0 Å². The van der Waals surface area contributed by atoms with Crippen LogP contribution >= 0.6 is 12.2 Å². The SMILES string of the molecule is COc1ccc(NC(=S)N2C(=O)CCC2=O)c(OC)c1. The number of anilines is 1. The van der Waals surface area contributed by atoms with Crippen LogP contribution in [0.25, 0.3) is 0 Å². The number of nitrogens with zero attached hydrogens (tertiary/aromatic N) is 1. The van der Waals surface area contributed by atoms with Crippen LogP contribution in [0, 0.1) is 0 Å². The summed E-state index contributed by atoms with van der Waals surface area (Å²) in [6.07, 6.45) is 0.390. The van der Waals surface area contributed by atoms with Crippen LogP contribution in [0.4, 0.5) is 5.69 Å². The Morgan fingerprint density at radius 2 is 1.85 bits per heavy atom. The molecule has 0 aromatic heterocycles. The predicted molar refractivity (Wildman–Crippen MR) is 76.9 cm³/mol. The minimum Gasteiger partial charge on any atom is -0.497 e. The summed E-state index contributed by atoms with van der Waals surface area (Å²) in [5.74, 6) is 0.553. The smallest absolute Gasteiger partial charge is 0.236 e. The minimum absolute atomic E-state index is 0.0565. The van der Waals surface area contributed by atoms with Crippen LogP contribution in [0.1, 0.15) is 12.8 Å². The number of hydrogen-bond acceptors (Lipinski definition) is 5. The van der Waals surface area contributed by atoms with Crippen molar-refractivity contribution < 1.29 is 19.1 Å². The average Bonchev–Trinajstić information content (AvgIpc) is 2.78. The van der Waals surface area contributed by atoms with Crippen LogP contribution in [0.5, 0.6) is 11.5 Å². The second-order valence-electron chi connectivity index (χ2n) is 4.12. The van der Waals surface area contributed by atoms with Crippen LogP contribution in [0.15, 0.2) is 18.2 Å². The molecule has 0 bridgehead atoms. The maximum atomic E-state index is 11.6. The summed E-state index contributed by atoms with van der Waals surface area (Å²) in [4.78, 5) is 24.2. The number of likely N-dealkylation sites (tertiary alicyclic amines) is 1. The lowest BCUT2D eigenvalue weighted by Gasteiger charge is -2.18. The van der Waals surface area contributed by atoms with Crippen LogP contribution < -0.4 is 14.8 Å². The van der Waals surface area contributed by atoms with Crippen molar-refractivity contribution in [2.75, 3.05) is 19.5 Å². The highest BCUT2D eigenvalue weighted by Crippen LogP contribution is 2.29. The standard InChI is InChI=1S/C13H14N2O4S/c1-18-8-3-4-9(10(7-8)19-2)14-13(20)15-11(16)5-6-12(15)17/h3-4,7H,5-6H2,1-2H3,(H,14,20). The van der Waals surface area contributed by atoms with E-state index in [1.54, 1.807) is 25.3 Å². The highest BCUT2D eigenvalue weighted by molar-refractivity contribution is 7.80. The maximum absolute atomic E-state index is 11.6. The van der Waals surface area contributed by atoms with Gasteiger partial charge in [-0.15, -0.1) is 0 Å². The maximum Gasteiger partial charge on any atom is 0.236 e. The van der Waals surface area contributed by atoms with Gasteiger partial charge in [0.1, 0.15) is 11.5 Å². The van der Waals surface area contributed by atoms with Crippen LogP contribution in [0.2, 0.25) is 0 Å². The van der Waals surface area contributed by atoms with Crippen molar-refractivity contribution in [3.63, 3.8) is 0 Å². The number of imide groups is 1. The zero-order chi connectivity index (χ0) is 14.7. The highest BCUT2D eigenvalue weighted by atomic mass is 32.1. The Morgan fingerprint density at radius 1 is 1.20 bits per heavy atom. The Hall–Kier alpha value is -2.15. The van der Waals surface area contributed by atoms with E-state index in [1.165, 1.54) is 7.11 Å². The van der Waals surface area contributed by atoms with Gasteiger partial charge in [-0.2, -0.15) is 0 Å². The van der Waals surface area contributed by atoms with Crippen molar-refractivity contribution in [1.82, 2.24) is 4.90 Å². The number of thiocarbonyl (C=S) groups is 1. The van der Waals surface area contributed by atoms with E-state index in [2.05, 4.69) is 5.32 Å². The van der Waals surface area contributed by atoms with Gasteiger partial charge in [0, 0.05) is 18.9 Å². The van der Waals surface area contributed by atoms with Gasteiger partial charge in [0.15, 0.2) is 5.11 Å². The number of methoxy groups -OCH3 is 2. The molecule has 1 aromatic rings. The van der Waals surface area contributed by atoms with Crippen LogP contribution in [0.3, 0.4) is 0 Å². The molecule has 0 saturated carbocycles. The molecule has 1 fully saturated rings. The number of nitrogens with one attached hydrogen (secondary N) is 1. The lowest BCUT2D eigenvalue weighted by molar-refractivity contribution is -0.133. The molecule has 1 aliphatic heterocycles. The van der Waals surface area contributed by atoms with E-state index in [0.29, 0.717) is 17.2 Å². The second kappa shape index (κ2) is 5.87. The summed E-state index contributed by atoms with van der Waals surface area (Å²) in [6.45, 7) is 0. The van der Waals surface area contributed by atoms with Crippen molar-refractivity contribution in [2.45, 2.75) is 12.8 Å². The van der Waals surface area contributed by atoms with Crippen molar-refractivity contribution >= 4 is 34.8 Å². The summed E-state index contributed by atoms with van der Waals surface area (Å²) in [6, 6.07) is 5.11. The van der Waals surface area contributed by atoms with Crippen LogP contribution in [-0.2, 0) is 9.59 Å². The molecule has 1 aromatic carbocycles. The minimum atomic E-state index is -0.292. The quantitative estimate of drug-likeness (QED) is 0.674. The molecular weight excluding hydrogens is 280 g/mol. The summed E-state index contributed by atoms with van der Waals surface area (Å²) in [7, 11) is 3.06. The first kappa shape index (κ1) is 14.3. The fourth-order valence-corrected chi connectivity index (χ4v) is 2.19. The Balaban J connectivity index is 2.19. The van der Waals surface area contributed by atoms with Gasteiger partial charge in [-0.1, -0.05) is 0 Å². The third kappa shape index (κ3) is 2.72. The number of rotatable bonds is 3. The lowest BCUT2D eigenvalue weighted by atomic mass is 10.2. The first-order valence-corrected chi connectivity index (χ1v) is 6.36. The van der Waals surface area contributed by atoms with Gasteiger partial charge < -0.3 is 14.8 Å². The summed E-state index contributed by atoms with van der Waals surface area (Å²) < 4.78 is 10.3. The van der Waals surface area contributed by atoms with Gasteiger partial charge in [-0.25, -0.2) is 4.90 Å². The molecule has 106 valence electrons. The number of carbonyl (C=O) groups is 2. The third-order valence-corrected chi connectivity index (χ3v) is 3.19. The molecule has 0 aliphatic carbocycles. The zero-order valence-corrected chi connectivity index (χ0v) is 12.0. The Kier molecular flexibility index (Phi) is 4.19. The van der Waals surface area contributed by atoms with E-state index in [9.17, 15) is 9.59 Å². The van der Waals surface area contributed by atoms with E-state index in [4.69, 9.17) is 21.7 Å². The number of hydrogen-bond donors (Lipinski definition) is 1. The second-order valence-corrected chi connectivity index (χ2v) is 4.51. The Morgan fingerprint density at radius 3 is 2.40 bits per heavy atom. The topological polar surface area (TPSA) is 67.9 Å². The molecule has 1 N–H and O–H groups in total. The van der Waals surface area contributed by atoms with Gasteiger partial charge in [-0.05, 0) is 24.4 Å². The van der Waals surface area contributed by atoms with E-state index in [1.807, 2.05) is 0 Å². The number of amides is 2. The van der Waals surface area contributed by atoms with Crippen molar-refractivity contribution in [2.24, 2.45) is 0 Å². The molecule has 0 radical (unpaired) electrons. The molecule has 2 rings (SSSR count). The summed E-state index contributed by atoms with van der Waals surface area (Å²) in [5.41, 5.74) is 0.561. The molecular formula is C13H14N2O4S. The lowest BCUT2D eigenvalue weighted by Crippen LogP contribution is -2.38. The number of benzene rings is 1. The molecule has 0 atom stereocenters. The molecule has 2 amide bonds. The third-order valence-electron chi connectivity index (χ3n) is 2.90. The summed E-state index contributed by atoms with van der Waals surface area (Å²) >= 11 is 5.11. The van der Waals surface area contributed by atoms with Gasteiger partial charge in [-0.3, -0.25) is 9.59 Å². The van der Waals surface area contributed by atoms with E-state index < -0.39 is 0 Å². The molecule has 0 spiro atoms. The molecule has 1 saturated heterocycles. The fraction of sp³-hybridized carbons (Fsp3) is 0.308. The van der Waals surface area contributed by atoms with Gasteiger partial charge in [0.25, 0.3) is 0 Å².